The van der Waals surface area contributed by atoms with Gasteiger partial charge in [-0.15, -0.1) is 0 Å². The van der Waals surface area contributed by atoms with Gasteiger partial charge in [-0.2, -0.15) is 0 Å². The van der Waals surface area contributed by atoms with Gasteiger partial charge in [0.05, 0.1) is 0 Å². The van der Waals surface area contributed by atoms with Crippen LogP contribution in [0.1, 0.15) is 74.1 Å². The molecule has 0 radical (unpaired) electrons. The molecule has 0 spiro atoms. The SMILES string of the molecule is CCC1C(C)CC1C(C)C1CC(C)(C2C(C)C2C)C1CC. The summed E-state index contributed by atoms with van der Waals surface area (Å²) >= 11 is 0. The molecule has 3 saturated carbocycles. The van der Waals surface area contributed by atoms with E-state index in [1.807, 2.05) is 0 Å². The minimum atomic E-state index is 0.684. The van der Waals surface area contributed by atoms with E-state index in [1.54, 1.807) is 0 Å². The van der Waals surface area contributed by atoms with E-state index in [-0.39, 0.29) is 0 Å². The van der Waals surface area contributed by atoms with Crippen LogP contribution in [-0.2, 0) is 0 Å². The first kappa shape index (κ1) is 15.9. The molecule has 0 amide bonds. The molecule has 0 heterocycles. The lowest BCUT2D eigenvalue weighted by atomic mass is 9.44. The molecule has 3 aliphatic rings. The molecule has 3 fully saturated rings. The molecule has 0 aliphatic heterocycles. The largest absolute Gasteiger partial charge is 0.0651 e. The summed E-state index contributed by atoms with van der Waals surface area (Å²) in [5.41, 5.74) is 0.684. The second-order valence-electron chi connectivity index (χ2n) is 9.44. The zero-order valence-corrected chi connectivity index (χ0v) is 15.5. The predicted molar refractivity (Wildman–Crippen MR) is 92.0 cm³/mol. The van der Waals surface area contributed by atoms with Gasteiger partial charge >= 0.3 is 0 Å². The normalized spacial score (nSPS) is 57.3. The Morgan fingerprint density at radius 1 is 1.00 bits per heavy atom. The van der Waals surface area contributed by atoms with Crippen LogP contribution in [0.5, 0.6) is 0 Å². The van der Waals surface area contributed by atoms with Gasteiger partial charge in [0, 0.05) is 0 Å². The van der Waals surface area contributed by atoms with Crippen molar-refractivity contribution in [3.8, 4) is 0 Å². The lowest BCUT2D eigenvalue weighted by Gasteiger charge is -2.60. The summed E-state index contributed by atoms with van der Waals surface area (Å²) in [5, 5.41) is 0. The van der Waals surface area contributed by atoms with Crippen LogP contribution >= 0.6 is 0 Å². The molecule has 21 heavy (non-hydrogen) atoms. The molecule has 0 heteroatoms. The van der Waals surface area contributed by atoms with Crippen LogP contribution in [0, 0.1) is 58.7 Å². The monoisotopic (exact) mass is 290 g/mol. The molecular weight excluding hydrogens is 252 g/mol. The Labute approximate surface area is 133 Å². The second kappa shape index (κ2) is 5.27. The lowest BCUT2D eigenvalue weighted by molar-refractivity contribution is -0.118. The van der Waals surface area contributed by atoms with E-state index < -0.39 is 0 Å². The highest BCUT2D eigenvalue weighted by Crippen LogP contribution is 2.70. The third-order valence-electron chi connectivity index (χ3n) is 8.81. The van der Waals surface area contributed by atoms with Crippen LogP contribution in [0.25, 0.3) is 0 Å². The zero-order valence-electron chi connectivity index (χ0n) is 15.5. The van der Waals surface area contributed by atoms with Gasteiger partial charge in [0.25, 0.3) is 0 Å². The van der Waals surface area contributed by atoms with E-state index in [1.165, 1.54) is 25.7 Å². The summed E-state index contributed by atoms with van der Waals surface area (Å²) in [6, 6.07) is 0. The standard InChI is InChI=1S/C21H38/c1-8-16-12(3)10-17(16)15(6)18-11-21(7,19(18)9-2)20-13(4)14(20)5/h12-20H,8-11H2,1-7H3. The zero-order chi connectivity index (χ0) is 15.5. The van der Waals surface area contributed by atoms with Gasteiger partial charge in [0.15, 0.2) is 0 Å². The predicted octanol–water partition coefficient (Wildman–Crippen LogP) is 6.26. The first-order valence-electron chi connectivity index (χ1n) is 9.86. The third kappa shape index (κ3) is 2.14. The van der Waals surface area contributed by atoms with E-state index in [0.29, 0.717) is 5.41 Å². The van der Waals surface area contributed by atoms with Crippen LogP contribution in [-0.4, -0.2) is 0 Å². The van der Waals surface area contributed by atoms with Gasteiger partial charge in [0.2, 0.25) is 0 Å². The van der Waals surface area contributed by atoms with E-state index >= 15 is 0 Å². The second-order valence-corrected chi connectivity index (χ2v) is 9.44. The fourth-order valence-electron chi connectivity index (χ4n) is 7.33. The van der Waals surface area contributed by atoms with Gasteiger partial charge in [-0.1, -0.05) is 61.3 Å². The highest BCUT2D eigenvalue weighted by atomic mass is 14.7. The Hall–Kier alpha value is 0. The van der Waals surface area contributed by atoms with Gasteiger partial charge < -0.3 is 0 Å². The van der Waals surface area contributed by atoms with E-state index in [4.69, 9.17) is 0 Å². The number of hydrogen-bond donors (Lipinski definition) is 0. The quantitative estimate of drug-likeness (QED) is 0.560. The van der Waals surface area contributed by atoms with Crippen molar-refractivity contribution in [2.24, 2.45) is 58.7 Å². The van der Waals surface area contributed by atoms with E-state index in [0.717, 1.165) is 53.3 Å². The molecule has 0 nitrogen and oxygen atoms in total. The molecule has 122 valence electrons. The highest BCUT2D eigenvalue weighted by Gasteiger charge is 2.64. The molecule has 3 aliphatic carbocycles. The molecule has 0 N–H and O–H groups in total. The molecule has 0 saturated heterocycles. The van der Waals surface area contributed by atoms with Gasteiger partial charge in [0.1, 0.15) is 0 Å². The first-order valence-corrected chi connectivity index (χ1v) is 9.86. The summed E-state index contributed by atoms with van der Waals surface area (Å²) in [5.74, 6) is 9.12. The van der Waals surface area contributed by atoms with Crippen molar-refractivity contribution in [1.29, 1.82) is 0 Å². The molecule has 0 aromatic rings. The van der Waals surface area contributed by atoms with Crippen LogP contribution in [0.2, 0.25) is 0 Å². The highest BCUT2D eigenvalue weighted by molar-refractivity contribution is 5.12. The first-order chi connectivity index (χ1) is 9.86. The molecule has 0 aromatic heterocycles. The molecular formula is C21H38. The van der Waals surface area contributed by atoms with Gasteiger partial charge in [-0.05, 0) is 71.5 Å². The Morgan fingerprint density at radius 3 is 2.05 bits per heavy atom. The summed E-state index contributed by atoms with van der Waals surface area (Å²) in [6.07, 6.45) is 5.88. The fourth-order valence-corrected chi connectivity index (χ4v) is 7.33. The van der Waals surface area contributed by atoms with E-state index in [2.05, 4.69) is 48.5 Å². The summed E-state index contributed by atoms with van der Waals surface area (Å²) in [7, 11) is 0. The average molecular weight is 291 g/mol. The van der Waals surface area contributed by atoms with Crippen LogP contribution in [0.3, 0.4) is 0 Å². The Morgan fingerprint density at radius 2 is 1.62 bits per heavy atom. The number of hydrogen-bond acceptors (Lipinski definition) is 0. The minimum absolute atomic E-state index is 0.684. The number of rotatable bonds is 5. The van der Waals surface area contributed by atoms with Crippen molar-refractivity contribution in [2.45, 2.75) is 74.1 Å². The van der Waals surface area contributed by atoms with Crippen molar-refractivity contribution in [3.05, 3.63) is 0 Å². The van der Waals surface area contributed by atoms with Crippen molar-refractivity contribution >= 4 is 0 Å². The topological polar surface area (TPSA) is 0 Å². The maximum absolute atomic E-state index is 2.63. The summed E-state index contributed by atoms with van der Waals surface area (Å²) < 4.78 is 0. The molecule has 9 unspecified atom stereocenters. The van der Waals surface area contributed by atoms with Crippen LogP contribution in [0.4, 0.5) is 0 Å². The van der Waals surface area contributed by atoms with Gasteiger partial charge in [-0.3, -0.25) is 0 Å². The maximum atomic E-state index is 2.63. The lowest BCUT2D eigenvalue weighted by Crippen LogP contribution is -2.54. The molecule has 0 bridgehead atoms. The Bertz CT molecular complexity index is 377. The van der Waals surface area contributed by atoms with Crippen LogP contribution < -0.4 is 0 Å². The van der Waals surface area contributed by atoms with E-state index in [9.17, 15) is 0 Å². The van der Waals surface area contributed by atoms with Crippen molar-refractivity contribution in [2.75, 3.05) is 0 Å². The Kier molecular flexibility index (Phi) is 3.99. The van der Waals surface area contributed by atoms with Crippen molar-refractivity contribution < 1.29 is 0 Å². The Balaban J connectivity index is 1.65. The molecule has 9 atom stereocenters. The minimum Gasteiger partial charge on any atom is -0.0651 e. The summed E-state index contributed by atoms with van der Waals surface area (Å²) in [4.78, 5) is 0. The van der Waals surface area contributed by atoms with Gasteiger partial charge in [-0.25, -0.2) is 0 Å². The van der Waals surface area contributed by atoms with Crippen molar-refractivity contribution in [1.82, 2.24) is 0 Å². The van der Waals surface area contributed by atoms with Crippen LogP contribution in [0.15, 0.2) is 0 Å². The third-order valence-corrected chi connectivity index (χ3v) is 8.81. The fraction of sp³-hybridized carbons (Fsp3) is 1.00. The smallest absolute Gasteiger partial charge is 0.0258 e. The average Bonchev–Trinajstić information content (AvgIpc) is 3.01. The van der Waals surface area contributed by atoms with Crippen molar-refractivity contribution in [3.63, 3.8) is 0 Å². The maximum Gasteiger partial charge on any atom is -0.0258 e. The molecule has 0 aromatic carbocycles. The summed E-state index contributed by atoms with van der Waals surface area (Å²) in [6.45, 7) is 17.6. The molecule has 3 rings (SSSR count).